The quantitative estimate of drug-likeness (QED) is 0.685. The van der Waals surface area contributed by atoms with Crippen LogP contribution in [-0.4, -0.2) is 16.1 Å². The number of hydrogen-bond acceptors (Lipinski definition) is 5. The maximum atomic E-state index is 13.8. The molecule has 1 aromatic heterocycles. The molecule has 0 saturated heterocycles. The number of rotatable bonds is 4. The second-order valence-corrected chi connectivity index (χ2v) is 5.59. The van der Waals surface area contributed by atoms with Crippen molar-refractivity contribution in [3.8, 4) is 6.07 Å². The Morgan fingerprint density at radius 2 is 2.32 bits per heavy atom. The van der Waals surface area contributed by atoms with Crippen LogP contribution in [0.1, 0.15) is 17.5 Å². The average molecular weight is 337 g/mol. The van der Waals surface area contributed by atoms with E-state index in [0.717, 1.165) is 11.1 Å². The van der Waals surface area contributed by atoms with Crippen molar-refractivity contribution < 1.29 is 9.18 Å². The van der Waals surface area contributed by atoms with E-state index in [4.69, 9.17) is 16.9 Å². The number of nitrogens with zero attached hydrogens (tertiary/aromatic N) is 3. The van der Waals surface area contributed by atoms with E-state index in [-0.39, 0.29) is 21.3 Å². The zero-order valence-corrected chi connectivity index (χ0v) is 13.0. The summed E-state index contributed by atoms with van der Waals surface area (Å²) in [5, 5.41) is 20.2. The predicted octanol–water partition coefficient (Wildman–Crippen LogP) is 3.44. The number of amides is 1. The summed E-state index contributed by atoms with van der Waals surface area (Å²) in [5.74, 6) is -1.37. The van der Waals surface area contributed by atoms with E-state index < -0.39 is 11.7 Å². The molecule has 0 radical (unpaired) electrons. The minimum atomic E-state index is -0.686. The van der Waals surface area contributed by atoms with Crippen LogP contribution >= 0.6 is 22.9 Å². The Hall–Kier alpha value is -2.30. The highest BCUT2D eigenvalue weighted by Gasteiger charge is 2.14. The van der Waals surface area contributed by atoms with Crippen LogP contribution in [0, 0.1) is 17.1 Å². The van der Waals surface area contributed by atoms with Crippen LogP contribution in [0.4, 0.5) is 9.52 Å². The molecule has 0 fully saturated rings. The SMILES string of the molecule is CCc1nnc(NC(=O)C(C#N)=Cc2cccc(Cl)c2F)s1. The van der Waals surface area contributed by atoms with E-state index in [1.807, 2.05) is 6.92 Å². The molecule has 112 valence electrons. The van der Waals surface area contributed by atoms with Crippen molar-refractivity contribution in [1.29, 1.82) is 5.26 Å². The first kappa shape index (κ1) is 16.1. The predicted molar refractivity (Wildman–Crippen MR) is 82.9 cm³/mol. The van der Waals surface area contributed by atoms with Gasteiger partial charge in [-0.05, 0) is 18.6 Å². The first-order chi connectivity index (χ1) is 10.5. The fraction of sp³-hybridized carbons (Fsp3) is 0.143. The highest BCUT2D eigenvalue weighted by atomic mass is 35.5. The maximum Gasteiger partial charge on any atom is 0.268 e. The number of aryl methyl sites for hydroxylation is 1. The number of benzene rings is 1. The van der Waals surface area contributed by atoms with Gasteiger partial charge in [0.2, 0.25) is 5.13 Å². The van der Waals surface area contributed by atoms with Crippen molar-refractivity contribution in [3.63, 3.8) is 0 Å². The molecule has 1 heterocycles. The summed E-state index contributed by atoms with van der Waals surface area (Å²) in [7, 11) is 0. The topological polar surface area (TPSA) is 78.7 Å². The molecule has 2 rings (SSSR count). The molecule has 1 N–H and O–H groups in total. The Morgan fingerprint density at radius 1 is 1.55 bits per heavy atom. The van der Waals surface area contributed by atoms with Gasteiger partial charge in [-0.1, -0.05) is 42.0 Å². The van der Waals surface area contributed by atoms with Gasteiger partial charge in [-0.2, -0.15) is 5.26 Å². The number of halogens is 2. The number of anilines is 1. The van der Waals surface area contributed by atoms with Crippen LogP contribution in [-0.2, 0) is 11.2 Å². The van der Waals surface area contributed by atoms with Crippen LogP contribution in [0.15, 0.2) is 23.8 Å². The molecule has 0 aliphatic rings. The lowest BCUT2D eigenvalue weighted by molar-refractivity contribution is -0.112. The molecule has 0 spiro atoms. The third kappa shape index (κ3) is 3.67. The molecule has 2 aromatic rings. The Kier molecular flexibility index (Phi) is 5.20. The lowest BCUT2D eigenvalue weighted by atomic mass is 10.1. The van der Waals surface area contributed by atoms with Gasteiger partial charge in [0.15, 0.2) is 0 Å². The summed E-state index contributed by atoms with van der Waals surface area (Å²) in [6, 6.07) is 6.07. The van der Waals surface area contributed by atoms with Crippen molar-refractivity contribution in [2.24, 2.45) is 0 Å². The van der Waals surface area contributed by atoms with Gasteiger partial charge in [0, 0.05) is 5.56 Å². The molecule has 0 aliphatic heterocycles. The second-order valence-electron chi connectivity index (χ2n) is 4.12. The van der Waals surface area contributed by atoms with Gasteiger partial charge in [-0.15, -0.1) is 10.2 Å². The maximum absolute atomic E-state index is 13.8. The summed E-state index contributed by atoms with van der Waals surface area (Å²) in [4.78, 5) is 12.0. The van der Waals surface area contributed by atoms with Crippen LogP contribution in [0.25, 0.3) is 6.08 Å². The van der Waals surface area contributed by atoms with Crippen LogP contribution in [0.5, 0.6) is 0 Å². The van der Waals surface area contributed by atoms with Crippen LogP contribution in [0.2, 0.25) is 5.02 Å². The van der Waals surface area contributed by atoms with Crippen LogP contribution < -0.4 is 5.32 Å². The summed E-state index contributed by atoms with van der Waals surface area (Å²) >= 11 is 6.88. The highest BCUT2D eigenvalue weighted by molar-refractivity contribution is 7.15. The Morgan fingerprint density at radius 3 is 2.95 bits per heavy atom. The number of hydrogen-bond donors (Lipinski definition) is 1. The summed E-state index contributed by atoms with van der Waals surface area (Å²) in [5.41, 5.74) is -0.194. The fourth-order valence-electron chi connectivity index (χ4n) is 1.55. The molecule has 0 saturated carbocycles. The monoisotopic (exact) mass is 336 g/mol. The smallest absolute Gasteiger partial charge is 0.268 e. The molecular weight excluding hydrogens is 327 g/mol. The number of carbonyl (C=O) groups excluding carboxylic acids is 1. The minimum Gasteiger partial charge on any atom is -0.296 e. The fourth-order valence-corrected chi connectivity index (χ4v) is 2.40. The molecular formula is C14H10ClFN4OS. The van der Waals surface area contributed by atoms with Gasteiger partial charge in [-0.3, -0.25) is 10.1 Å². The van der Waals surface area contributed by atoms with E-state index in [0.29, 0.717) is 6.42 Å². The van der Waals surface area contributed by atoms with E-state index >= 15 is 0 Å². The van der Waals surface area contributed by atoms with Gasteiger partial charge in [-0.25, -0.2) is 4.39 Å². The summed E-state index contributed by atoms with van der Waals surface area (Å²) in [6.07, 6.45) is 1.83. The van der Waals surface area contributed by atoms with Crippen molar-refractivity contribution in [3.05, 3.63) is 45.2 Å². The van der Waals surface area contributed by atoms with E-state index in [1.165, 1.54) is 29.5 Å². The first-order valence-electron chi connectivity index (χ1n) is 6.24. The second kappa shape index (κ2) is 7.11. The van der Waals surface area contributed by atoms with Gasteiger partial charge < -0.3 is 0 Å². The Bertz CT molecular complexity index is 781. The average Bonchev–Trinajstić information content (AvgIpc) is 2.96. The van der Waals surface area contributed by atoms with Crippen molar-refractivity contribution >= 4 is 40.1 Å². The molecule has 0 bridgehead atoms. The molecule has 22 heavy (non-hydrogen) atoms. The standard InChI is InChI=1S/C14H10ClFN4OS/c1-2-11-19-20-14(22-11)18-13(21)9(7-17)6-8-4-3-5-10(15)12(8)16/h3-6H,2H2,1H3,(H,18,20,21). The van der Waals surface area contributed by atoms with E-state index in [2.05, 4.69) is 15.5 Å². The van der Waals surface area contributed by atoms with Crippen molar-refractivity contribution in [2.45, 2.75) is 13.3 Å². The Labute approximate surface area is 135 Å². The normalized spacial score (nSPS) is 11.1. The lowest BCUT2D eigenvalue weighted by Gasteiger charge is -2.01. The molecule has 0 atom stereocenters. The van der Waals surface area contributed by atoms with Gasteiger partial charge in [0.05, 0.1) is 5.02 Å². The van der Waals surface area contributed by atoms with Crippen molar-refractivity contribution in [1.82, 2.24) is 10.2 Å². The van der Waals surface area contributed by atoms with Gasteiger partial charge >= 0.3 is 0 Å². The largest absolute Gasteiger partial charge is 0.296 e. The van der Waals surface area contributed by atoms with Gasteiger partial charge in [0.25, 0.3) is 5.91 Å². The molecule has 0 aliphatic carbocycles. The zero-order chi connectivity index (χ0) is 16.1. The number of nitrogens with one attached hydrogen (secondary N) is 1. The molecule has 1 aromatic carbocycles. The third-order valence-electron chi connectivity index (χ3n) is 2.64. The first-order valence-corrected chi connectivity index (χ1v) is 7.44. The number of nitriles is 1. The highest BCUT2D eigenvalue weighted by Crippen LogP contribution is 2.21. The zero-order valence-electron chi connectivity index (χ0n) is 11.4. The van der Waals surface area contributed by atoms with E-state index in [9.17, 15) is 9.18 Å². The van der Waals surface area contributed by atoms with Crippen LogP contribution in [0.3, 0.4) is 0 Å². The molecule has 8 heteroatoms. The lowest BCUT2D eigenvalue weighted by Crippen LogP contribution is -2.13. The van der Waals surface area contributed by atoms with Gasteiger partial charge in [0.1, 0.15) is 22.5 Å². The molecule has 5 nitrogen and oxygen atoms in total. The Balaban J connectivity index is 2.23. The summed E-state index contributed by atoms with van der Waals surface area (Å²) < 4.78 is 13.8. The molecule has 1 amide bonds. The molecule has 0 unspecified atom stereocenters. The van der Waals surface area contributed by atoms with E-state index in [1.54, 1.807) is 6.07 Å². The number of carbonyl (C=O) groups is 1. The third-order valence-corrected chi connectivity index (χ3v) is 3.91. The summed E-state index contributed by atoms with van der Waals surface area (Å²) in [6.45, 7) is 1.91. The van der Waals surface area contributed by atoms with Crippen molar-refractivity contribution in [2.75, 3.05) is 5.32 Å². The number of aromatic nitrogens is 2. The minimum absolute atomic E-state index is 0.0608.